The number of ether oxygens (including phenoxy) is 1. The first-order chi connectivity index (χ1) is 8.47. The van der Waals surface area contributed by atoms with Crippen molar-refractivity contribution in [2.45, 2.75) is 19.4 Å². The van der Waals surface area contributed by atoms with Gasteiger partial charge in [0, 0.05) is 18.2 Å². The molecule has 1 aromatic rings. The summed E-state index contributed by atoms with van der Waals surface area (Å²) < 4.78 is 19.0. The summed E-state index contributed by atoms with van der Waals surface area (Å²) in [6.45, 7) is 2.18. The second kappa shape index (κ2) is 6.35. The SMILES string of the molecule is COc1cccc(F)c1C(C)N(C)CCC(=O)O. The summed E-state index contributed by atoms with van der Waals surface area (Å²) in [4.78, 5) is 12.3. The van der Waals surface area contributed by atoms with E-state index in [0.29, 0.717) is 17.9 Å². The zero-order valence-electron chi connectivity index (χ0n) is 10.8. The molecule has 0 aromatic heterocycles. The molecular formula is C13H18FNO3. The number of rotatable bonds is 6. The molecule has 0 radical (unpaired) electrons. The van der Waals surface area contributed by atoms with E-state index < -0.39 is 5.97 Å². The van der Waals surface area contributed by atoms with Crippen LogP contribution in [0.2, 0.25) is 0 Å². The lowest BCUT2D eigenvalue weighted by Gasteiger charge is -2.26. The van der Waals surface area contributed by atoms with E-state index in [4.69, 9.17) is 9.84 Å². The molecule has 1 atom stereocenters. The third-order valence-corrected chi connectivity index (χ3v) is 2.99. The highest BCUT2D eigenvalue weighted by atomic mass is 19.1. The average Bonchev–Trinajstić information content (AvgIpc) is 2.34. The molecule has 0 spiro atoms. The van der Waals surface area contributed by atoms with Crippen LogP contribution in [0.25, 0.3) is 0 Å². The summed E-state index contributed by atoms with van der Waals surface area (Å²) in [6, 6.07) is 4.40. The predicted octanol–water partition coefficient (Wildman–Crippen LogP) is 2.30. The molecule has 1 aromatic carbocycles. The first-order valence-corrected chi connectivity index (χ1v) is 5.71. The normalized spacial score (nSPS) is 12.5. The Morgan fingerprint density at radius 1 is 1.56 bits per heavy atom. The van der Waals surface area contributed by atoms with Crippen LogP contribution in [0.4, 0.5) is 4.39 Å². The highest BCUT2D eigenvalue weighted by Gasteiger charge is 2.20. The second-order valence-corrected chi connectivity index (χ2v) is 4.16. The summed E-state index contributed by atoms with van der Waals surface area (Å²) in [5.41, 5.74) is 0.452. The van der Waals surface area contributed by atoms with Crippen molar-refractivity contribution in [2.24, 2.45) is 0 Å². The lowest BCUT2D eigenvalue weighted by Crippen LogP contribution is -2.26. The van der Waals surface area contributed by atoms with Crippen LogP contribution < -0.4 is 4.74 Å². The minimum absolute atomic E-state index is 0.0254. The fraction of sp³-hybridized carbons (Fsp3) is 0.462. The number of halogens is 1. The van der Waals surface area contributed by atoms with Gasteiger partial charge in [-0.3, -0.25) is 9.69 Å². The molecule has 1 unspecified atom stereocenters. The Labute approximate surface area is 106 Å². The Balaban J connectivity index is 2.88. The van der Waals surface area contributed by atoms with Crippen LogP contribution >= 0.6 is 0 Å². The summed E-state index contributed by atoms with van der Waals surface area (Å²) >= 11 is 0. The molecule has 1 N–H and O–H groups in total. The highest BCUT2D eigenvalue weighted by molar-refractivity contribution is 5.66. The summed E-state index contributed by atoms with van der Waals surface area (Å²) in [6.07, 6.45) is 0.0254. The van der Waals surface area contributed by atoms with Crippen LogP contribution in [0.3, 0.4) is 0 Å². The largest absolute Gasteiger partial charge is 0.496 e. The zero-order chi connectivity index (χ0) is 13.7. The number of carboxylic acid groups (broad SMARTS) is 1. The fourth-order valence-corrected chi connectivity index (χ4v) is 1.79. The van der Waals surface area contributed by atoms with E-state index in [1.54, 1.807) is 24.1 Å². The number of methoxy groups -OCH3 is 1. The van der Waals surface area contributed by atoms with Gasteiger partial charge in [0.2, 0.25) is 0 Å². The van der Waals surface area contributed by atoms with E-state index in [1.165, 1.54) is 13.2 Å². The standard InChI is InChI=1S/C13H18FNO3/c1-9(15(2)8-7-12(16)17)13-10(14)5-4-6-11(13)18-3/h4-6,9H,7-8H2,1-3H3,(H,16,17). The number of nitrogens with zero attached hydrogens (tertiary/aromatic N) is 1. The van der Waals surface area contributed by atoms with Gasteiger partial charge in [-0.25, -0.2) is 4.39 Å². The molecule has 0 heterocycles. The quantitative estimate of drug-likeness (QED) is 0.847. The van der Waals surface area contributed by atoms with Crippen molar-refractivity contribution in [1.29, 1.82) is 0 Å². The average molecular weight is 255 g/mol. The molecule has 5 heteroatoms. The van der Waals surface area contributed by atoms with Crippen molar-refractivity contribution in [3.05, 3.63) is 29.6 Å². The van der Waals surface area contributed by atoms with Crippen molar-refractivity contribution in [3.8, 4) is 5.75 Å². The number of benzene rings is 1. The molecule has 0 bridgehead atoms. The van der Waals surface area contributed by atoms with E-state index >= 15 is 0 Å². The minimum atomic E-state index is -0.866. The van der Waals surface area contributed by atoms with Gasteiger partial charge in [0.05, 0.1) is 13.5 Å². The molecule has 0 amide bonds. The summed E-state index contributed by atoms with van der Waals surface area (Å²) in [5.74, 6) is -0.733. The second-order valence-electron chi connectivity index (χ2n) is 4.16. The van der Waals surface area contributed by atoms with Crippen LogP contribution in [0.1, 0.15) is 24.9 Å². The zero-order valence-corrected chi connectivity index (χ0v) is 10.8. The van der Waals surface area contributed by atoms with Crippen molar-refractivity contribution < 1.29 is 19.0 Å². The number of hydrogen-bond acceptors (Lipinski definition) is 3. The van der Waals surface area contributed by atoms with Gasteiger partial charge >= 0.3 is 5.97 Å². The minimum Gasteiger partial charge on any atom is -0.496 e. The first-order valence-electron chi connectivity index (χ1n) is 5.71. The van der Waals surface area contributed by atoms with Gasteiger partial charge in [-0.1, -0.05) is 6.07 Å². The van der Waals surface area contributed by atoms with Crippen molar-refractivity contribution in [1.82, 2.24) is 4.90 Å². The van der Waals surface area contributed by atoms with Gasteiger partial charge in [0.1, 0.15) is 11.6 Å². The van der Waals surface area contributed by atoms with Gasteiger partial charge in [0.15, 0.2) is 0 Å². The number of hydrogen-bond donors (Lipinski definition) is 1. The van der Waals surface area contributed by atoms with Crippen LogP contribution in [0.5, 0.6) is 5.75 Å². The smallest absolute Gasteiger partial charge is 0.304 e. The molecule has 0 fully saturated rings. The maximum atomic E-state index is 13.8. The van der Waals surface area contributed by atoms with E-state index in [-0.39, 0.29) is 18.3 Å². The van der Waals surface area contributed by atoms with Crippen LogP contribution in [0, 0.1) is 5.82 Å². The molecule has 18 heavy (non-hydrogen) atoms. The first kappa shape index (κ1) is 14.4. The summed E-state index contributed by atoms with van der Waals surface area (Å²) in [7, 11) is 3.25. The third-order valence-electron chi connectivity index (χ3n) is 2.99. The maximum Gasteiger partial charge on any atom is 0.304 e. The molecule has 100 valence electrons. The Bertz CT molecular complexity index is 423. The molecule has 0 aliphatic heterocycles. The lowest BCUT2D eigenvalue weighted by molar-refractivity contribution is -0.137. The fourth-order valence-electron chi connectivity index (χ4n) is 1.79. The Kier molecular flexibility index (Phi) is 5.09. The number of aliphatic carboxylic acids is 1. The highest BCUT2D eigenvalue weighted by Crippen LogP contribution is 2.30. The Morgan fingerprint density at radius 2 is 2.22 bits per heavy atom. The monoisotopic (exact) mass is 255 g/mol. The van der Waals surface area contributed by atoms with Crippen molar-refractivity contribution in [3.63, 3.8) is 0 Å². The Morgan fingerprint density at radius 3 is 2.78 bits per heavy atom. The molecule has 1 rings (SSSR count). The van der Waals surface area contributed by atoms with E-state index in [0.717, 1.165) is 0 Å². The van der Waals surface area contributed by atoms with E-state index in [1.807, 2.05) is 6.92 Å². The molecule has 4 nitrogen and oxygen atoms in total. The number of carboxylic acids is 1. The topological polar surface area (TPSA) is 49.8 Å². The van der Waals surface area contributed by atoms with Crippen molar-refractivity contribution in [2.75, 3.05) is 20.7 Å². The molecule has 0 aliphatic rings. The molecule has 0 saturated heterocycles. The maximum absolute atomic E-state index is 13.8. The molecule has 0 saturated carbocycles. The van der Waals surface area contributed by atoms with Gasteiger partial charge in [-0.05, 0) is 26.1 Å². The third kappa shape index (κ3) is 3.43. The lowest BCUT2D eigenvalue weighted by atomic mass is 10.1. The number of carbonyl (C=O) groups is 1. The van der Waals surface area contributed by atoms with Gasteiger partial charge in [-0.2, -0.15) is 0 Å². The van der Waals surface area contributed by atoms with Gasteiger partial charge in [-0.15, -0.1) is 0 Å². The van der Waals surface area contributed by atoms with Crippen LogP contribution in [-0.2, 0) is 4.79 Å². The van der Waals surface area contributed by atoms with Crippen LogP contribution in [-0.4, -0.2) is 36.7 Å². The van der Waals surface area contributed by atoms with Gasteiger partial charge < -0.3 is 9.84 Å². The van der Waals surface area contributed by atoms with Crippen molar-refractivity contribution >= 4 is 5.97 Å². The molecular weight excluding hydrogens is 237 g/mol. The predicted molar refractivity (Wildman–Crippen MR) is 66.2 cm³/mol. The van der Waals surface area contributed by atoms with E-state index in [9.17, 15) is 9.18 Å². The van der Waals surface area contributed by atoms with E-state index in [2.05, 4.69) is 0 Å². The molecule has 0 aliphatic carbocycles. The van der Waals surface area contributed by atoms with Crippen LogP contribution in [0.15, 0.2) is 18.2 Å². The van der Waals surface area contributed by atoms with Gasteiger partial charge in [0.25, 0.3) is 0 Å². The summed E-state index contributed by atoms with van der Waals surface area (Å²) in [5, 5.41) is 8.64. The Hall–Kier alpha value is -1.62.